The van der Waals surface area contributed by atoms with Gasteiger partial charge in [0.25, 0.3) is 0 Å². The molecule has 0 saturated heterocycles. The van der Waals surface area contributed by atoms with Crippen LogP contribution >= 0.6 is 12.2 Å². The van der Waals surface area contributed by atoms with Crippen LogP contribution in [0.5, 0.6) is 0 Å². The zero-order chi connectivity index (χ0) is 23.2. The first kappa shape index (κ1) is 22.8. The average Bonchev–Trinajstić information content (AvgIpc) is 3.23. The highest BCUT2D eigenvalue weighted by Gasteiger charge is 2.15. The average molecular weight is 456 g/mol. The number of fused-ring (bicyclic) bond motifs is 1. The van der Waals surface area contributed by atoms with Gasteiger partial charge in [-0.05, 0) is 83.2 Å². The summed E-state index contributed by atoms with van der Waals surface area (Å²) in [6, 6.07) is 16.8. The molecule has 0 unspecified atom stereocenters. The Morgan fingerprint density at radius 3 is 2.36 bits per heavy atom. The Kier molecular flexibility index (Phi) is 7.25. The summed E-state index contributed by atoms with van der Waals surface area (Å²) in [5.41, 5.74) is 6.32. The lowest BCUT2D eigenvalue weighted by atomic mass is 9.99. The quantitative estimate of drug-likeness (QED) is 0.158. The molecule has 0 atom stereocenters. The van der Waals surface area contributed by atoms with E-state index in [1.807, 2.05) is 23.4 Å². The van der Waals surface area contributed by atoms with E-state index in [2.05, 4.69) is 66.3 Å². The number of isothiocyanates is 1. The SMILES string of the molecule is CCCCCc1ccc(C#CC2=Cc3ccc(-c4cc(F)c(N=C=S)c(F)c4)cc3C2)cc1. The molecule has 4 heteroatoms. The second-order valence-electron chi connectivity index (χ2n) is 8.16. The van der Waals surface area contributed by atoms with Crippen molar-refractivity contribution in [2.24, 2.45) is 4.99 Å². The maximum Gasteiger partial charge on any atom is 0.153 e. The van der Waals surface area contributed by atoms with E-state index in [0.717, 1.165) is 34.2 Å². The molecule has 0 fully saturated rings. The minimum Gasteiger partial charge on any atom is -0.204 e. The maximum absolute atomic E-state index is 14.2. The van der Waals surface area contributed by atoms with Gasteiger partial charge >= 0.3 is 0 Å². The second kappa shape index (κ2) is 10.5. The van der Waals surface area contributed by atoms with Crippen LogP contribution in [0, 0.1) is 23.5 Å². The number of nitrogens with zero attached hydrogens (tertiary/aromatic N) is 1. The number of allylic oxidation sites excluding steroid dienone is 1. The molecule has 1 nitrogen and oxygen atoms in total. The van der Waals surface area contributed by atoms with Crippen LogP contribution in [0.25, 0.3) is 17.2 Å². The number of hydrogen-bond donors (Lipinski definition) is 0. The van der Waals surface area contributed by atoms with Gasteiger partial charge in [-0.15, -0.1) is 0 Å². The number of rotatable bonds is 6. The van der Waals surface area contributed by atoms with E-state index in [9.17, 15) is 8.78 Å². The Bertz CT molecular complexity index is 1300. The molecule has 0 N–H and O–H groups in total. The van der Waals surface area contributed by atoms with Crippen molar-refractivity contribution < 1.29 is 8.78 Å². The molecule has 0 saturated carbocycles. The monoisotopic (exact) mass is 455 g/mol. The maximum atomic E-state index is 14.2. The van der Waals surface area contributed by atoms with Gasteiger partial charge in [0.1, 0.15) is 5.69 Å². The molecule has 0 radical (unpaired) electrons. The van der Waals surface area contributed by atoms with E-state index >= 15 is 0 Å². The largest absolute Gasteiger partial charge is 0.204 e. The van der Waals surface area contributed by atoms with Crippen molar-refractivity contribution in [3.8, 4) is 23.0 Å². The van der Waals surface area contributed by atoms with Crippen LogP contribution in [0.15, 0.2) is 65.2 Å². The van der Waals surface area contributed by atoms with Crippen LogP contribution < -0.4 is 0 Å². The van der Waals surface area contributed by atoms with Gasteiger partial charge in [-0.3, -0.25) is 0 Å². The summed E-state index contributed by atoms with van der Waals surface area (Å²) in [6.45, 7) is 2.21. The number of hydrogen-bond acceptors (Lipinski definition) is 2. The van der Waals surface area contributed by atoms with Gasteiger partial charge in [0.05, 0.1) is 5.16 Å². The minimum absolute atomic E-state index is 0.414. The van der Waals surface area contributed by atoms with Crippen LogP contribution in [0.2, 0.25) is 0 Å². The third-order valence-electron chi connectivity index (χ3n) is 5.75. The molecule has 33 heavy (non-hydrogen) atoms. The predicted octanol–water partition coefficient (Wildman–Crippen LogP) is 8.09. The summed E-state index contributed by atoms with van der Waals surface area (Å²) in [5, 5.41) is 2.01. The lowest BCUT2D eigenvalue weighted by molar-refractivity contribution is 0.588. The Morgan fingerprint density at radius 1 is 0.909 bits per heavy atom. The smallest absolute Gasteiger partial charge is 0.153 e. The van der Waals surface area contributed by atoms with Crippen molar-refractivity contribution in [3.05, 3.63) is 94.1 Å². The van der Waals surface area contributed by atoms with Crippen LogP contribution in [0.3, 0.4) is 0 Å². The standard InChI is InChI=1S/C29H23F2NS/c1-2-3-4-5-20-6-8-21(9-7-20)10-11-22-14-23-12-13-24(16-25(23)15-22)26-17-27(30)29(32-19-33)28(31)18-26/h6-9,12-14,16-18H,2-5,15H2,1H3. The molecule has 3 aromatic rings. The summed E-state index contributed by atoms with van der Waals surface area (Å²) in [6.07, 6.45) is 7.59. The summed E-state index contributed by atoms with van der Waals surface area (Å²) in [7, 11) is 0. The van der Waals surface area contributed by atoms with Gasteiger partial charge in [-0.25, -0.2) is 8.78 Å². The predicted molar refractivity (Wildman–Crippen MR) is 135 cm³/mol. The first-order chi connectivity index (χ1) is 16.1. The zero-order valence-electron chi connectivity index (χ0n) is 18.4. The summed E-state index contributed by atoms with van der Waals surface area (Å²) in [4.78, 5) is 3.47. The molecule has 0 heterocycles. The zero-order valence-corrected chi connectivity index (χ0v) is 19.2. The van der Waals surface area contributed by atoms with Gasteiger partial charge in [0, 0.05) is 17.6 Å². The molecule has 0 spiro atoms. The third-order valence-corrected chi connectivity index (χ3v) is 5.84. The fraction of sp³-hybridized carbons (Fsp3) is 0.207. The number of aryl methyl sites for hydroxylation is 1. The number of aliphatic imine (C=N–C) groups is 1. The summed E-state index contributed by atoms with van der Waals surface area (Å²) >= 11 is 4.46. The molecule has 1 aliphatic carbocycles. The topological polar surface area (TPSA) is 12.4 Å². The van der Waals surface area contributed by atoms with Crippen LogP contribution in [0.1, 0.15) is 48.4 Å². The van der Waals surface area contributed by atoms with Gasteiger partial charge in [0.2, 0.25) is 0 Å². The molecule has 0 amide bonds. The fourth-order valence-corrected chi connectivity index (χ4v) is 4.07. The van der Waals surface area contributed by atoms with Crippen molar-refractivity contribution in [3.63, 3.8) is 0 Å². The molecule has 4 rings (SSSR count). The first-order valence-corrected chi connectivity index (χ1v) is 11.5. The van der Waals surface area contributed by atoms with Crippen LogP contribution in [-0.4, -0.2) is 5.16 Å². The van der Waals surface area contributed by atoms with Crippen molar-refractivity contribution in [1.29, 1.82) is 0 Å². The molecule has 0 aliphatic heterocycles. The highest BCUT2D eigenvalue weighted by molar-refractivity contribution is 7.78. The van der Waals surface area contributed by atoms with E-state index in [0.29, 0.717) is 12.0 Å². The van der Waals surface area contributed by atoms with Gasteiger partial charge in [0.15, 0.2) is 11.6 Å². The molecule has 1 aliphatic rings. The normalized spacial score (nSPS) is 11.8. The molecular weight excluding hydrogens is 432 g/mol. The van der Waals surface area contributed by atoms with Crippen LogP contribution in [-0.2, 0) is 12.8 Å². The molecule has 0 aromatic heterocycles. The van der Waals surface area contributed by atoms with E-state index in [1.165, 1.54) is 37.0 Å². The Balaban J connectivity index is 1.47. The van der Waals surface area contributed by atoms with Gasteiger partial charge in [-0.1, -0.05) is 61.9 Å². The van der Waals surface area contributed by atoms with E-state index < -0.39 is 17.3 Å². The second-order valence-corrected chi connectivity index (χ2v) is 8.34. The Hall–Kier alpha value is -3.38. The van der Waals surface area contributed by atoms with E-state index in [4.69, 9.17) is 0 Å². The van der Waals surface area contributed by atoms with Crippen molar-refractivity contribution in [2.45, 2.75) is 39.0 Å². The fourth-order valence-electron chi connectivity index (χ4n) is 3.97. The molecule has 0 bridgehead atoms. The highest BCUT2D eigenvalue weighted by Crippen LogP contribution is 2.33. The lowest BCUT2D eigenvalue weighted by Crippen LogP contribution is -1.89. The summed E-state index contributed by atoms with van der Waals surface area (Å²) < 4.78 is 28.5. The van der Waals surface area contributed by atoms with E-state index in [-0.39, 0.29) is 0 Å². The third kappa shape index (κ3) is 5.52. The summed E-state index contributed by atoms with van der Waals surface area (Å²) in [5.74, 6) is 5.01. The Labute approximate surface area is 198 Å². The van der Waals surface area contributed by atoms with Crippen molar-refractivity contribution in [1.82, 2.24) is 0 Å². The lowest BCUT2D eigenvalue weighted by Gasteiger charge is -2.07. The Morgan fingerprint density at radius 2 is 1.67 bits per heavy atom. The van der Waals surface area contributed by atoms with E-state index in [1.54, 1.807) is 0 Å². The number of thiocarbonyl (C=S) groups is 1. The van der Waals surface area contributed by atoms with Crippen molar-refractivity contribution in [2.75, 3.05) is 0 Å². The molecule has 164 valence electrons. The molecular formula is C29H23F2NS. The number of benzene rings is 3. The molecule has 3 aromatic carbocycles. The van der Waals surface area contributed by atoms with Crippen LogP contribution in [0.4, 0.5) is 14.5 Å². The van der Waals surface area contributed by atoms with Gasteiger partial charge in [-0.2, -0.15) is 4.99 Å². The first-order valence-electron chi connectivity index (χ1n) is 11.1. The van der Waals surface area contributed by atoms with Gasteiger partial charge < -0.3 is 0 Å². The minimum atomic E-state index is -0.760. The van der Waals surface area contributed by atoms with Crippen molar-refractivity contribution >= 4 is 29.1 Å². The number of unbranched alkanes of at least 4 members (excludes halogenated alkanes) is 2. The number of halogens is 2. The highest BCUT2D eigenvalue weighted by atomic mass is 32.1.